The number of carbonyl (C=O) groups excluding carboxylic acids is 1. The van der Waals surface area contributed by atoms with E-state index < -0.39 is 0 Å². The molecule has 2 N–H and O–H groups in total. The molecule has 1 atom stereocenters. The van der Waals surface area contributed by atoms with Crippen molar-refractivity contribution in [1.29, 1.82) is 0 Å². The molecule has 5 nitrogen and oxygen atoms in total. The molecule has 0 bridgehead atoms. The fraction of sp³-hybridized carbons (Fsp3) is 0.632. The number of likely N-dealkylation sites (tertiary alicyclic amines) is 1. The average Bonchev–Trinajstić information content (AvgIpc) is 2.57. The van der Waals surface area contributed by atoms with Crippen LogP contribution in [0.25, 0.3) is 0 Å². The van der Waals surface area contributed by atoms with Crippen molar-refractivity contribution in [3.05, 3.63) is 29.8 Å². The van der Waals surface area contributed by atoms with Crippen LogP contribution in [0.4, 0.5) is 4.79 Å². The molecule has 0 aromatic heterocycles. The van der Waals surface area contributed by atoms with E-state index in [0.717, 1.165) is 37.0 Å². The number of rotatable bonds is 5. The summed E-state index contributed by atoms with van der Waals surface area (Å²) in [6.45, 7) is 3.74. The highest BCUT2D eigenvalue weighted by atomic mass is 16.5. The summed E-state index contributed by atoms with van der Waals surface area (Å²) in [6.07, 6.45) is 5.27. The lowest BCUT2D eigenvalue weighted by atomic mass is 9.92. The number of nitrogens with one attached hydrogen (secondary N) is 1. The SMILES string of the molecule is CC(O)C1CCN(C(=O)NCc2ccccc2OC2CCC2)CC1. The minimum absolute atomic E-state index is 0.0301. The van der Waals surface area contributed by atoms with Crippen molar-refractivity contribution >= 4 is 6.03 Å². The van der Waals surface area contributed by atoms with Gasteiger partial charge in [0.2, 0.25) is 0 Å². The Bertz CT molecular complexity index is 549. The maximum atomic E-state index is 12.4. The minimum Gasteiger partial charge on any atom is -0.490 e. The number of nitrogens with zero attached hydrogens (tertiary/aromatic N) is 1. The van der Waals surface area contributed by atoms with Gasteiger partial charge >= 0.3 is 6.03 Å². The van der Waals surface area contributed by atoms with Crippen LogP contribution in [0.5, 0.6) is 5.75 Å². The van der Waals surface area contributed by atoms with E-state index >= 15 is 0 Å². The van der Waals surface area contributed by atoms with Crippen molar-refractivity contribution in [1.82, 2.24) is 10.2 Å². The van der Waals surface area contributed by atoms with Crippen molar-refractivity contribution in [3.8, 4) is 5.75 Å². The number of hydrogen-bond donors (Lipinski definition) is 2. The van der Waals surface area contributed by atoms with E-state index in [1.54, 1.807) is 0 Å². The molecule has 1 aromatic carbocycles. The summed E-state index contributed by atoms with van der Waals surface area (Å²) in [7, 11) is 0. The predicted molar refractivity (Wildman–Crippen MR) is 92.9 cm³/mol. The topological polar surface area (TPSA) is 61.8 Å². The normalized spacial score (nSPS) is 20.3. The molecule has 1 aliphatic carbocycles. The fourth-order valence-corrected chi connectivity index (χ4v) is 3.30. The first kappa shape index (κ1) is 17.1. The largest absolute Gasteiger partial charge is 0.490 e. The second-order valence-corrected chi connectivity index (χ2v) is 7.00. The van der Waals surface area contributed by atoms with E-state index in [2.05, 4.69) is 5.32 Å². The molecule has 1 unspecified atom stereocenters. The molecule has 24 heavy (non-hydrogen) atoms. The van der Waals surface area contributed by atoms with Crippen LogP contribution in [-0.2, 0) is 6.54 Å². The zero-order valence-corrected chi connectivity index (χ0v) is 14.4. The van der Waals surface area contributed by atoms with Gasteiger partial charge in [0.05, 0.1) is 12.2 Å². The molecule has 3 rings (SSSR count). The van der Waals surface area contributed by atoms with Crippen molar-refractivity contribution in [2.45, 2.75) is 57.8 Å². The molecule has 2 amide bonds. The van der Waals surface area contributed by atoms with E-state index in [4.69, 9.17) is 4.74 Å². The average molecular weight is 332 g/mol. The van der Waals surface area contributed by atoms with Gasteiger partial charge in [-0.2, -0.15) is 0 Å². The third-order valence-electron chi connectivity index (χ3n) is 5.26. The van der Waals surface area contributed by atoms with Crippen LogP contribution in [0.3, 0.4) is 0 Å². The van der Waals surface area contributed by atoms with Gasteiger partial charge in [-0.05, 0) is 51.0 Å². The smallest absolute Gasteiger partial charge is 0.317 e. The van der Waals surface area contributed by atoms with Gasteiger partial charge in [0.1, 0.15) is 5.75 Å². The van der Waals surface area contributed by atoms with Crippen LogP contribution >= 0.6 is 0 Å². The Balaban J connectivity index is 1.49. The van der Waals surface area contributed by atoms with Gasteiger partial charge in [0.25, 0.3) is 0 Å². The number of ether oxygens (including phenoxy) is 1. The third kappa shape index (κ3) is 4.20. The van der Waals surface area contributed by atoms with Crippen LogP contribution in [0.15, 0.2) is 24.3 Å². The molecule has 1 aromatic rings. The molecule has 2 aliphatic rings. The van der Waals surface area contributed by atoms with Gasteiger partial charge in [-0.25, -0.2) is 4.79 Å². The van der Waals surface area contributed by atoms with Gasteiger partial charge in [-0.15, -0.1) is 0 Å². The summed E-state index contributed by atoms with van der Waals surface area (Å²) in [5.74, 6) is 1.20. The van der Waals surface area contributed by atoms with Crippen LogP contribution in [0.1, 0.15) is 44.6 Å². The Labute approximate surface area is 144 Å². The molecular formula is C19H28N2O3. The number of urea groups is 1. The number of aliphatic hydroxyl groups is 1. The van der Waals surface area contributed by atoms with Crippen LogP contribution in [0, 0.1) is 5.92 Å². The molecule has 5 heteroatoms. The molecule has 0 spiro atoms. The summed E-state index contributed by atoms with van der Waals surface area (Å²) in [5.41, 5.74) is 1.02. The number of piperidine rings is 1. The van der Waals surface area contributed by atoms with E-state index in [-0.39, 0.29) is 12.1 Å². The Hall–Kier alpha value is -1.75. The molecule has 1 heterocycles. The zero-order valence-electron chi connectivity index (χ0n) is 14.4. The van der Waals surface area contributed by atoms with Crippen molar-refractivity contribution in [2.24, 2.45) is 5.92 Å². The monoisotopic (exact) mass is 332 g/mol. The van der Waals surface area contributed by atoms with Crippen molar-refractivity contribution in [3.63, 3.8) is 0 Å². The molecule has 2 fully saturated rings. The van der Waals surface area contributed by atoms with Gasteiger partial charge in [0, 0.05) is 25.2 Å². The first-order chi connectivity index (χ1) is 11.6. The summed E-state index contributed by atoms with van der Waals surface area (Å²) in [5, 5.41) is 12.7. The molecule has 1 saturated carbocycles. The summed E-state index contributed by atoms with van der Waals surface area (Å²) >= 11 is 0. The summed E-state index contributed by atoms with van der Waals surface area (Å²) in [6, 6.07) is 7.91. The van der Waals surface area contributed by atoms with Crippen LogP contribution in [0.2, 0.25) is 0 Å². The van der Waals surface area contributed by atoms with Crippen molar-refractivity contribution in [2.75, 3.05) is 13.1 Å². The molecule has 1 aliphatic heterocycles. The summed E-state index contributed by atoms with van der Waals surface area (Å²) in [4.78, 5) is 14.2. The molecule has 132 valence electrons. The quantitative estimate of drug-likeness (QED) is 0.871. The highest BCUT2D eigenvalue weighted by Crippen LogP contribution is 2.27. The Morgan fingerprint density at radius 2 is 2.00 bits per heavy atom. The number of amides is 2. The van der Waals surface area contributed by atoms with Crippen LogP contribution < -0.4 is 10.1 Å². The lowest BCUT2D eigenvalue weighted by Gasteiger charge is -2.33. The maximum absolute atomic E-state index is 12.4. The maximum Gasteiger partial charge on any atom is 0.317 e. The lowest BCUT2D eigenvalue weighted by molar-refractivity contribution is 0.0797. The minimum atomic E-state index is -0.286. The Morgan fingerprint density at radius 1 is 1.29 bits per heavy atom. The highest BCUT2D eigenvalue weighted by Gasteiger charge is 2.25. The molecule has 0 radical (unpaired) electrons. The number of hydrogen-bond acceptors (Lipinski definition) is 3. The predicted octanol–water partition coefficient (Wildman–Crippen LogP) is 2.92. The van der Waals surface area contributed by atoms with E-state index in [9.17, 15) is 9.90 Å². The Kier molecular flexibility index (Phi) is 5.61. The van der Waals surface area contributed by atoms with Gasteiger partial charge in [-0.3, -0.25) is 0 Å². The van der Waals surface area contributed by atoms with Gasteiger partial charge in [-0.1, -0.05) is 18.2 Å². The molecule has 1 saturated heterocycles. The highest BCUT2D eigenvalue weighted by molar-refractivity contribution is 5.74. The number of aliphatic hydroxyl groups excluding tert-OH is 1. The van der Waals surface area contributed by atoms with Gasteiger partial charge in [0.15, 0.2) is 0 Å². The third-order valence-corrected chi connectivity index (χ3v) is 5.26. The van der Waals surface area contributed by atoms with Crippen molar-refractivity contribution < 1.29 is 14.6 Å². The van der Waals surface area contributed by atoms with Crippen LogP contribution in [-0.4, -0.2) is 41.3 Å². The van der Waals surface area contributed by atoms with E-state index in [1.165, 1.54) is 6.42 Å². The lowest BCUT2D eigenvalue weighted by Crippen LogP contribution is -2.45. The van der Waals surface area contributed by atoms with Gasteiger partial charge < -0.3 is 20.1 Å². The number of benzene rings is 1. The van der Waals surface area contributed by atoms with E-state index in [1.807, 2.05) is 36.1 Å². The first-order valence-corrected chi connectivity index (χ1v) is 9.09. The molecular weight excluding hydrogens is 304 g/mol. The number of carbonyl (C=O) groups is 1. The summed E-state index contributed by atoms with van der Waals surface area (Å²) < 4.78 is 6.01. The first-order valence-electron chi connectivity index (χ1n) is 9.09. The Morgan fingerprint density at radius 3 is 2.62 bits per heavy atom. The second-order valence-electron chi connectivity index (χ2n) is 7.00. The fourth-order valence-electron chi connectivity index (χ4n) is 3.30. The number of para-hydroxylation sites is 1. The zero-order chi connectivity index (χ0) is 16.9. The standard InChI is InChI=1S/C19H28N2O3/c1-14(22)15-9-11-21(12-10-15)19(23)20-13-16-5-2-3-8-18(16)24-17-6-4-7-17/h2-3,5,8,14-15,17,22H,4,6-7,9-13H2,1H3,(H,20,23). The second kappa shape index (κ2) is 7.88. The van der Waals surface area contributed by atoms with E-state index in [0.29, 0.717) is 31.7 Å².